The van der Waals surface area contributed by atoms with Crippen LogP contribution in [0.4, 0.5) is 11.4 Å². The number of Topliss-reactive ketones (excluding diaryl/α,β-unsaturated/α-hetero) is 1. The Morgan fingerprint density at radius 1 is 1.33 bits per heavy atom. The smallest absolute Gasteiger partial charge is 0.270 e. The van der Waals surface area contributed by atoms with Crippen LogP contribution < -0.4 is 4.90 Å². The Balaban J connectivity index is 2.01. The minimum Gasteiger partial charge on any atom is -0.375 e. The highest BCUT2D eigenvalue weighted by molar-refractivity contribution is 9.10. The van der Waals surface area contributed by atoms with Crippen LogP contribution in [0, 0.1) is 22.5 Å². The van der Waals surface area contributed by atoms with E-state index < -0.39 is 28.6 Å². The van der Waals surface area contributed by atoms with Gasteiger partial charge in [-0.15, -0.1) is 6.42 Å². The zero-order valence-electron chi connectivity index (χ0n) is 13.9. The lowest BCUT2D eigenvalue weighted by Crippen LogP contribution is -2.42. The lowest BCUT2D eigenvalue weighted by molar-refractivity contribution is -0.384. The number of hydrogen-bond donors (Lipinski definition) is 1. The van der Waals surface area contributed by atoms with Crippen LogP contribution in [0.1, 0.15) is 22.3 Å². The van der Waals surface area contributed by atoms with Crippen LogP contribution in [0.5, 0.6) is 0 Å². The van der Waals surface area contributed by atoms with Gasteiger partial charge in [0.15, 0.2) is 11.4 Å². The molecule has 2 aromatic rings. The number of aliphatic hydroxyl groups is 1. The molecule has 1 N–H and O–H groups in total. The molecule has 136 valence electrons. The van der Waals surface area contributed by atoms with Gasteiger partial charge in [0.2, 0.25) is 0 Å². The molecular weight excluding hydrogens is 416 g/mol. The van der Waals surface area contributed by atoms with Gasteiger partial charge in [-0.2, -0.15) is 0 Å². The average Bonchev–Trinajstić information content (AvgIpc) is 2.84. The van der Waals surface area contributed by atoms with Crippen LogP contribution in [-0.4, -0.2) is 28.3 Å². The van der Waals surface area contributed by atoms with E-state index >= 15 is 0 Å². The van der Waals surface area contributed by atoms with E-state index in [9.17, 15) is 24.8 Å². The fourth-order valence-electron chi connectivity index (χ4n) is 3.07. The molecule has 7 nitrogen and oxygen atoms in total. The lowest BCUT2D eigenvalue weighted by atomic mass is 9.88. The number of carbonyl (C=O) groups excluding carboxylic acids is 2. The molecule has 1 amide bonds. The third kappa shape index (κ3) is 3.23. The Morgan fingerprint density at radius 2 is 2.07 bits per heavy atom. The maximum atomic E-state index is 12.8. The molecule has 0 aromatic heterocycles. The predicted octanol–water partition coefficient (Wildman–Crippen LogP) is 2.80. The number of nitro groups is 1. The summed E-state index contributed by atoms with van der Waals surface area (Å²) < 4.78 is 0.623. The van der Waals surface area contributed by atoms with Crippen molar-refractivity contribution in [1.82, 2.24) is 0 Å². The number of nitro benzene ring substituents is 1. The van der Waals surface area contributed by atoms with Gasteiger partial charge < -0.3 is 5.11 Å². The number of rotatable bonds is 5. The molecule has 27 heavy (non-hydrogen) atoms. The molecular formula is C19H13BrN2O5. The quantitative estimate of drug-likeness (QED) is 0.341. The Hall–Kier alpha value is -3.02. The first-order valence-corrected chi connectivity index (χ1v) is 8.62. The maximum Gasteiger partial charge on any atom is 0.270 e. The van der Waals surface area contributed by atoms with Gasteiger partial charge in [0.05, 0.1) is 23.6 Å². The Kier molecular flexibility index (Phi) is 4.83. The van der Waals surface area contributed by atoms with E-state index in [-0.39, 0.29) is 23.4 Å². The highest BCUT2D eigenvalue weighted by Crippen LogP contribution is 2.44. The molecule has 0 fully saturated rings. The summed E-state index contributed by atoms with van der Waals surface area (Å²) >= 11 is 3.29. The van der Waals surface area contributed by atoms with E-state index in [0.717, 1.165) is 6.07 Å². The van der Waals surface area contributed by atoms with Crippen LogP contribution in [0.15, 0.2) is 46.9 Å². The first-order valence-electron chi connectivity index (χ1n) is 7.83. The number of carbonyl (C=O) groups is 2. The second kappa shape index (κ2) is 6.95. The number of non-ortho nitro benzene ring substituents is 1. The Morgan fingerprint density at radius 3 is 2.74 bits per heavy atom. The lowest BCUT2D eigenvalue weighted by Gasteiger charge is -2.21. The third-order valence-electron chi connectivity index (χ3n) is 4.34. The number of halogens is 1. The van der Waals surface area contributed by atoms with Crippen LogP contribution in [-0.2, 0) is 10.4 Å². The number of hydrogen-bond acceptors (Lipinski definition) is 5. The number of benzene rings is 2. The molecule has 0 aliphatic carbocycles. The van der Waals surface area contributed by atoms with Crippen molar-refractivity contribution in [3.05, 3.63) is 68.2 Å². The Labute approximate surface area is 162 Å². The zero-order valence-corrected chi connectivity index (χ0v) is 15.5. The van der Waals surface area contributed by atoms with E-state index in [2.05, 4.69) is 21.9 Å². The number of amides is 1. The van der Waals surface area contributed by atoms with E-state index in [0.29, 0.717) is 10.2 Å². The van der Waals surface area contributed by atoms with E-state index in [1.165, 1.54) is 23.1 Å². The summed E-state index contributed by atoms with van der Waals surface area (Å²) in [6.07, 6.45) is 4.76. The highest BCUT2D eigenvalue weighted by Gasteiger charge is 2.50. The molecule has 2 aromatic carbocycles. The second-order valence-electron chi connectivity index (χ2n) is 6.02. The standard InChI is InChI=1S/C19H13BrN2O5/c1-2-8-21-16-7-6-13(20)10-15(16)19(25,18(21)24)11-17(23)12-4-3-5-14(9-12)22(26)27/h1,3-7,9-10,25H,8,11H2/t19-/m1/s1. The first-order chi connectivity index (χ1) is 12.8. The fourth-order valence-corrected chi connectivity index (χ4v) is 3.43. The number of ketones is 1. The van der Waals surface area contributed by atoms with Crippen molar-refractivity contribution < 1.29 is 19.6 Å². The molecule has 0 radical (unpaired) electrons. The summed E-state index contributed by atoms with van der Waals surface area (Å²) in [6.45, 7) is -0.0548. The van der Waals surface area contributed by atoms with Crippen molar-refractivity contribution in [2.45, 2.75) is 12.0 Å². The minimum atomic E-state index is -2.10. The maximum absolute atomic E-state index is 12.8. The number of terminal acetylenes is 1. The third-order valence-corrected chi connectivity index (χ3v) is 4.83. The molecule has 0 unspecified atom stereocenters. The van der Waals surface area contributed by atoms with E-state index in [1.54, 1.807) is 18.2 Å². The second-order valence-corrected chi connectivity index (χ2v) is 6.94. The summed E-state index contributed by atoms with van der Waals surface area (Å²) in [5.74, 6) is 1.06. The van der Waals surface area contributed by atoms with Gasteiger partial charge >= 0.3 is 0 Å². The van der Waals surface area contributed by atoms with Crippen molar-refractivity contribution in [1.29, 1.82) is 0 Å². The van der Waals surface area contributed by atoms with Gasteiger partial charge in [-0.1, -0.05) is 34.0 Å². The van der Waals surface area contributed by atoms with Crippen molar-refractivity contribution >= 4 is 39.0 Å². The zero-order chi connectivity index (χ0) is 19.8. The van der Waals surface area contributed by atoms with Crippen LogP contribution in [0.25, 0.3) is 0 Å². The van der Waals surface area contributed by atoms with Crippen molar-refractivity contribution in [3.8, 4) is 12.3 Å². The molecule has 1 atom stereocenters. The van der Waals surface area contributed by atoms with Crippen LogP contribution >= 0.6 is 15.9 Å². The molecule has 1 aliphatic rings. The Bertz CT molecular complexity index is 1010. The van der Waals surface area contributed by atoms with Crippen molar-refractivity contribution in [2.75, 3.05) is 11.4 Å². The normalized spacial score (nSPS) is 18.1. The molecule has 0 bridgehead atoms. The molecule has 1 aliphatic heterocycles. The van der Waals surface area contributed by atoms with Crippen molar-refractivity contribution in [2.24, 2.45) is 0 Å². The summed E-state index contributed by atoms with van der Waals surface area (Å²) in [6, 6.07) is 10.0. The van der Waals surface area contributed by atoms with Crippen LogP contribution in [0.2, 0.25) is 0 Å². The molecule has 1 heterocycles. The number of fused-ring (bicyclic) bond motifs is 1. The van der Waals surface area contributed by atoms with Crippen LogP contribution in [0.3, 0.4) is 0 Å². The van der Waals surface area contributed by atoms with Gasteiger partial charge in [0, 0.05) is 27.7 Å². The molecule has 0 saturated carbocycles. The minimum absolute atomic E-state index is 0.0392. The number of anilines is 1. The largest absolute Gasteiger partial charge is 0.375 e. The van der Waals surface area contributed by atoms with Gasteiger partial charge in [-0.25, -0.2) is 0 Å². The molecule has 0 saturated heterocycles. The fraction of sp³-hybridized carbons (Fsp3) is 0.158. The van der Waals surface area contributed by atoms with Gasteiger partial charge in [-0.05, 0) is 18.2 Å². The SMILES string of the molecule is C#CCN1C(=O)[C@@](O)(CC(=O)c2cccc([N+](=O)[O-])c2)c2cc(Br)ccc21. The topological polar surface area (TPSA) is 101 Å². The highest BCUT2D eigenvalue weighted by atomic mass is 79.9. The van der Waals surface area contributed by atoms with Gasteiger partial charge in [0.1, 0.15) is 0 Å². The summed E-state index contributed by atoms with van der Waals surface area (Å²) in [4.78, 5) is 37.0. The summed E-state index contributed by atoms with van der Waals surface area (Å²) in [5, 5.41) is 22.0. The molecule has 0 spiro atoms. The average molecular weight is 429 g/mol. The molecule has 8 heteroatoms. The summed E-state index contributed by atoms with van der Waals surface area (Å²) in [5.41, 5.74) is -1.62. The predicted molar refractivity (Wildman–Crippen MR) is 101 cm³/mol. The van der Waals surface area contributed by atoms with Crippen molar-refractivity contribution in [3.63, 3.8) is 0 Å². The van der Waals surface area contributed by atoms with Gasteiger partial charge in [0.25, 0.3) is 11.6 Å². The summed E-state index contributed by atoms with van der Waals surface area (Å²) in [7, 11) is 0. The number of nitrogens with zero attached hydrogens (tertiary/aromatic N) is 2. The monoisotopic (exact) mass is 428 g/mol. The van der Waals surface area contributed by atoms with E-state index in [1.807, 2.05) is 0 Å². The van der Waals surface area contributed by atoms with Gasteiger partial charge in [-0.3, -0.25) is 24.6 Å². The first kappa shape index (κ1) is 18.8. The molecule has 3 rings (SSSR count). The van der Waals surface area contributed by atoms with E-state index in [4.69, 9.17) is 6.42 Å².